The number of rotatable bonds is 5. The molecular formula is C20H20N2O2. The van der Waals surface area contributed by atoms with Gasteiger partial charge in [-0.05, 0) is 66.0 Å². The first kappa shape index (κ1) is 15.1. The first-order chi connectivity index (χ1) is 11.8. The zero-order valence-corrected chi connectivity index (χ0v) is 13.5. The van der Waals surface area contributed by atoms with E-state index in [2.05, 4.69) is 34.7 Å². The second-order valence-corrected chi connectivity index (χ2v) is 6.41. The number of hydrogen-bond donors (Lipinski definition) is 1. The highest BCUT2D eigenvalue weighted by Gasteiger charge is 2.24. The van der Waals surface area contributed by atoms with Crippen LogP contribution in [0.3, 0.4) is 0 Å². The fourth-order valence-electron chi connectivity index (χ4n) is 3.21. The van der Waals surface area contributed by atoms with Gasteiger partial charge in [0.05, 0.1) is 12.1 Å². The van der Waals surface area contributed by atoms with Crippen molar-refractivity contribution in [3.63, 3.8) is 0 Å². The molecule has 1 fully saturated rings. The van der Waals surface area contributed by atoms with Crippen LogP contribution in [0.1, 0.15) is 52.2 Å². The fraction of sp³-hybridized carbons (Fsp3) is 0.300. The Bertz CT molecular complexity index is 779. The zero-order valence-electron chi connectivity index (χ0n) is 13.5. The molecule has 1 aromatic heterocycles. The Labute approximate surface area is 141 Å². The molecule has 0 radical (unpaired) electrons. The Hall–Kier alpha value is -2.46. The highest BCUT2D eigenvalue weighted by molar-refractivity contribution is 5.89. The van der Waals surface area contributed by atoms with Crippen molar-refractivity contribution in [1.82, 2.24) is 10.5 Å². The lowest BCUT2D eigenvalue weighted by atomic mass is 9.89. The summed E-state index contributed by atoms with van der Waals surface area (Å²) >= 11 is 0. The van der Waals surface area contributed by atoms with Crippen LogP contribution >= 0.6 is 0 Å². The van der Waals surface area contributed by atoms with E-state index in [0.717, 1.165) is 18.8 Å². The topological polar surface area (TPSA) is 51.2 Å². The number of pyridine rings is 1. The first-order valence-corrected chi connectivity index (χ1v) is 8.47. The smallest absolute Gasteiger partial charge is 0.356 e. The molecule has 0 bridgehead atoms. The lowest BCUT2D eigenvalue weighted by Gasteiger charge is -2.19. The SMILES string of the molecule is O=C(ONCC1=CCCc2cc(C3CC3)ccc21)c1ccncc1. The summed E-state index contributed by atoms with van der Waals surface area (Å²) in [5.41, 5.74) is 8.66. The average Bonchev–Trinajstić information content (AvgIpc) is 3.47. The summed E-state index contributed by atoms with van der Waals surface area (Å²) in [4.78, 5) is 21.0. The number of aromatic nitrogens is 1. The summed E-state index contributed by atoms with van der Waals surface area (Å²) in [5.74, 6) is 0.391. The van der Waals surface area contributed by atoms with E-state index in [4.69, 9.17) is 4.84 Å². The van der Waals surface area contributed by atoms with Crippen LogP contribution in [-0.2, 0) is 11.3 Å². The average molecular weight is 320 g/mol. The van der Waals surface area contributed by atoms with Crippen molar-refractivity contribution in [2.24, 2.45) is 0 Å². The van der Waals surface area contributed by atoms with Crippen molar-refractivity contribution < 1.29 is 9.63 Å². The molecule has 24 heavy (non-hydrogen) atoms. The molecule has 0 unspecified atom stereocenters. The molecule has 1 N–H and O–H groups in total. The van der Waals surface area contributed by atoms with Crippen molar-refractivity contribution in [2.45, 2.75) is 31.6 Å². The molecule has 1 saturated carbocycles. The maximum Gasteiger partial charge on any atom is 0.356 e. The van der Waals surface area contributed by atoms with E-state index in [1.165, 1.54) is 35.1 Å². The molecule has 2 aromatic rings. The second kappa shape index (κ2) is 6.57. The van der Waals surface area contributed by atoms with E-state index in [1.54, 1.807) is 24.5 Å². The van der Waals surface area contributed by atoms with Crippen LogP contribution < -0.4 is 5.48 Å². The summed E-state index contributed by atoms with van der Waals surface area (Å²) < 4.78 is 0. The third kappa shape index (κ3) is 3.24. The van der Waals surface area contributed by atoms with Gasteiger partial charge in [-0.2, -0.15) is 0 Å². The quantitative estimate of drug-likeness (QED) is 0.854. The molecule has 2 aliphatic carbocycles. The number of hydroxylamine groups is 1. The molecule has 4 rings (SSSR count). The number of nitrogens with zero attached hydrogens (tertiary/aromatic N) is 1. The van der Waals surface area contributed by atoms with E-state index in [-0.39, 0.29) is 0 Å². The number of fused-ring (bicyclic) bond motifs is 1. The number of carbonyl (C=O) groups excluding carboxylic acids is 1. The molecule has 4 heteroatoms. The highest BCUT2D eigenvalue weighted by Crippen LogP contribution is 2.41. The third-order valence-electron chi connectivity index (χ3n) is 4.67. The van der Waals surface area contributed by atoms with Crippen LogP contribution in [0.15, 0.2) is 48.8 Å². The standard InChI is InChI=1S/C20H20N2O2/c23-20(15-8-10-21-11-9-15)24-22-13-18-3-1-2-17-12-16(14-4-5-14)6-7-19(17)18/h3,6-12,14,22H,1-2,4-5,13H2. The molecule has 0 spiro atoms. The predicted molar refractivity (Wildman–Crippen MR) is 92.4 cm³/mol. The lowest BCUT2D eigenvalue weighted by molar-refractivity contribution is 0.0283. The molecule has 0 aliphatic heterocycles. The number of nitrogens with one attached hydrogen (secondary N) is 1. The van der Waals surface area contributed by atoms with Gasteiger partial charge in [-0.25, -0.2) is 4.79 Å². The molecule has 4 nitrogen and oxygen atoms in total. The first-order valence-electron chi connectivity index (χ1n) is 8.47. The maximum absolute atomic E-state index is 11.9. The Balaban J connectivity index is 1.39. The third-order valence-corrected chi connectivity index (χ3v) is 4.67. The number of hydrogen-bond acceptors (Lipinski definition) is 4. The van der Waals surface area contributed by atoms with Crippen molar-refractivity contribution >= 4 is 11.5 Å². The summed E-state index contributed by atoms with van der Waals surface area (Å²) in [5, 5.41) is 0. The van der Waals surface area contributed by atoms with Gasteiger partial charge in [-0.1, -0.05) is 24.3 Å². The van der Waals surface area contributed by atoms with Crippen LogP contribution in [0, 0.1) is 0 Å². The van der Waals surface area contributed by atoms with Gasteiger partial charge in [0.1, 0.15) is 0 Å². The van der Waals surface area contributed by atoms with Gasteiger partial charge in [0.2, 0.25) is 0 Å². The van der Waals surface area contributed by atoms with E-state index < -0.39 is 5.97 Å². The molecule has 0 saturated heterocycles. The normalized spacial score (nSPS) is 16.2. The van der Waals surface area contributed by atoms with Gasteiger partial charge in [-0.3, -0.25) is 4.98 Å². The molecular weight excluding hydrogens is 300 g/mol. The minimum absolute atomic E-state index is 0.391. The van der Waals surface area contributed by atoms with Gasteiger partial charge in [0.15, 0.2) is 0 Å². The Morgan fingerprint density at radius 1 is 1.21 bits per heavy atom. The predicted octanol–water partition coefficient (Wildman–Crippen LogP) is 3.65. The van der Waals surface area contributed by atoms with E-state index in [9.17, 15) is 4.79 Å². The van der Waals surface area contributed by atoms with Crippen molar-refractivity contribution in [1.29, 1.82) is 0 Å². The zero-order chi connectivity index (χ0) is 16.4. The van der Waals surface area contributed by atoms with Crippen molar-refractivity contribution in [3.8, 4) is 0 Å². The summed E-state index contributed by atoms with van der Waals surface area (Å²) in [6.45, 7) is 0.520. The summed E-state index contributed by atoms with van der Waals surface area (Å²) in [7, 11) is 0. The van der Waals surface area contributed by atoms with Crippen LogP contribution in [0.25, 0.3) is 5.57 Å². The van der Waals surface area contributed by atoms with Gasteiger partial charge >= 0.3 is 5.97 Å². The van der Waals surface area contributed by atoms with Crippen LogP contribution in [0.5, 0.6) is 0 Å². The minimum atomic E-state index is -0.391. The second-order valence-electron chi connectivity index (χ2n) is 6.41. The number of allylic oxidation sites excluding steroid dienone is 1. The molecule has 2 aliphatic rings. The van der Waals surface area contributed by atoms with Gasteiger partial charge in [0, 0.05) is 12.4 Å². The summed E-state index contributed by atoms with van der Waals surface area (Å²) in [6.07, 6.45) is 10.2. The Kier molecular flexibility index (Phi) is 4.13. The Morgan fingerprint density at radius 2 is 2.04 bits per heavy atom. The van der Waals surface area contributed by atoms with Crippen molar-refractivity contribution in [2.75, 3.05) is 6.54 Å². The number of carbonyl (C=O) groups is 1. The number of benzene rings is 1. The lowest BCUT2D eigenvalue weighted by Crippen LogP contribution is -2.23. The minimum Gasteiger partial charge on any atom is -0.366 e. The van der Waals surface area contributed by atoms with E-state index in [0.29, 0.717) is 12.1 Å². The van der Waals surface area contributed by atoms with E-state index in [1.807, 2.05) is 0 Å². The Morgan fingerprint density at radius 3 is 2.83 bits per heavy atom. The van der Waals surface area contributed by atoms with Gasteiger partial charge in [-0.15, -0.1) is 5.48 Å². The molecule has 0 atom stereocenters. The van der Waals surface area contributed by atoms with Gasteiger partial charge < -0.3 is 4.84 Å². The number of aryl methyl sites for hydroxylation is 1. The maximum atomic E-state index is 11.9. The molecule has 122 valence electrons. The van der Waals surface area contributed by atoms with Crippen LogP contribution in [0.2, 0.25) is 0 Å². The largest absolute Gasteiger partial charge is 0.366 e. The van der Waals surface area contributed by atoms with E-state index >= 15 is 0 Å². The molecule has 1 aromatic carbocycles. The highest BCUT2D eigenvalue weighted by atomic mass is 16.7. The summed E-state index contributed by atoms with van der Waals surface area (Å²) in [6, 6.07) is 10.1. The van der Waals surface area contributed by atoms with Crippen molar-refractivity contribution in [3.05, 3.63) is 71.1 Å². The molecule has 1 heterocycles. The fourth-order valence-corrected chi connectivity index (χ4v) is 3.21. The van der Waals surface area contributed by atoms with Crippen LogP contribution in [0.4, 0.5) is 0 Å². The molecule has 0 amide bonds. The van der Waals surface area contributed by atoms with Gasteiger partial charge in [0.25, 0.3) is 0 Å². The van der Waals surface area contributed by atoms with Crippen LogP contribution in [-0.4, -0.2) is 17.5 Å². The monoisotopic (exact) mass is 320 g/mol.